The largest absolute Gasteiger partial charge is 0.493 e. The van der Waals surface area contributed by atoms with Crippen molar-refractivity contribution in [3.8, 4) is 11.5 Å². The third kappa shape index (κ3) is 3.82. The number of likely N-dealkylation sites (N-methyl/N-ethyl adjacent to an activating group) is 1. The molecule has 0 bridgehead atoms. The van der Waals surface area contributed by atoms with Crippen molar-refractivity contribution in [2.24, 2.45) is 0 Å². The molecule has 1 aliphatic rings. The summed E-state index contributed by atoms with van der Waals surface area (Å²) in [4.78, 5) is 14.1. The molecule has 6 nitrogen and oxygen atoms in total. The molecule has 2 amide bonds. The van der Waals surface area contributed by atoms with Gasteiger partial charge >= 0.3 is 6.03 Å². The molecule has 0 atom stereocenters. The van der Waals surface area contributed by atoms with Crippen molar-refractivity contribution in [3.05, 3.63) is 23.8 Å². The molecule has 1 fully saturated rings. The van der Waals surface area contributed by atoms with E-state index in [1.54, 1.807) is 14.2 Å². The first-order valence-electron chi connectivity index (χ1n) is 7.44. The maximum absolute atomic E-state index is 12.0. The minimum Gasteiger partial charge on any atom is -0.493 e. The summed E-state index contributed by atoms with van der Waals surface area (Å²) < 4.78 is 10.6. The number of rotatable bonds is 7. The number of ether oxygens (including phenoxy) is 2. The molecule has 1 aromatic rings. The summed E-state index contributed by atoms with van der Waals surface area (Å²) in [5.74, 6) is 1.37. The average Bonchev–Trinajstić information content (AvgIpc) is 3.26. The molecule has 122 valence electrons. The second-order valence-corrected chi connectivity index (χ2v) is 5.84. The van der Waals surface area contributed by atoms with Crippen molar-refractivity contribution in [2.45, 2.75) is 18.4 Å². The number of hydrogen-bond donors (Lipinski definition) is 2. The molecule has 2 rings (SSSR count). The first-order chi connectivity index (χ1) is 10.5. The third-order valence-electron chi connectivity index (χ3n) is 3.88. The Kier molecular flexibility index (Phi) is 5.13. The van der Waals surface area contributed by atoms with Crippen molar-refractivity contribution in [1.82, 2.24) is 15.5 Å². The molecule has 22 heavy (non-hydrogen) atoms. The maximum atomic E-state index is 12.0. The van der Waals surface area contributed by atoms with Gasteiger partial charge in [-0.1, -0.05) is 6.07 Å². The minimum atomic E-state index is -0.276. The molecule has 0 aliphatic heterocycles. The van der Waals surface area contributed by atoms with E-state index in [1.165, 1.54) is 0 Å². The van der Waals surface area contributed by atoms with Gasteiger partial charge in [-0.15, -0.1) is 0 Å². The zero-order chi connectivity index (χ0) is 16.2. The van der Waals surface area contributed by atoms with Gasteiger partial charge in [0, 0.05) is 13.1 Å². The number of benzene rings is 1. The summed E-state index contributed by atoms with van der Waals surface area (Å²) in [5.41, 5.74) is 0.773. The van der Waals surface area contributed by atoms with E-state index in [0.29, 0.717) is 18.0 Å². The van der Waals surface area contributed by atoms with Crippen LogP contribution in [-0.2, 0) is 5.54 Å². The third-order valence-corrected chi connectivity index (χ3v) is 3.88. The minimum absolute atomic E-state index is 0.130. The fourth-order valence-electron chi connectivity index (χ4n) is 2.40. The summed E-state index contributed by atoms with van der Waals surface area (Å²) in [6.07, 6.45) is 1.87. The number of amides is 2. The number of hydrogen-bond acceptors (Lipinski definition) is 4. The lowest BCUT2D eigenvalue weighted by atomic mass is 10.0. The highest BCUT2D eigenvalue weighted by Gasteiger charge is 2.46. The molecule has 0 aromatic heterocycles. The lowest BCUT2D eigenvalue weighted by Gasteiger charge is -2.20. The molecule has 0 saturated heterocycles. The number of nitrogens with zero attached hydrogens (tertiary/aromatic N) is 1. The molecule has 0 radical (unpaired) electrons. The van der Waals surface area contributed by atoms with Crippen LogP contribution in [0.15, 0.2) is 18.2 Å². The Morgan fingerprint density at radius 2 is 1.91 bits per heavy atom. The number of urea groups is 1. The maximum Gasteiger partial charge on any atom is 0.315 e. The van der Waals surface area contributed by atoms with Gasteiger partial charge in [-0.05, 0) is 44.6 Å². The molecular weight excluding hydrogens is 282 g/mol. The number of carbonyl (C=O) groups excluding carboxylic acids is 1. The lowest BCUT2D eigenvalue weighted by Crippen LogP contribution is -2.44. The topological polar surface area (TPSA) is 62.8 Å². The van der Waals surface area contributed by atoms with E-state index in [9.17, 15) is 4.79 Å². The molecule has 0 heterocycles. The number of nitrogens with one attached hydrogen (secondary N) is 2. The molecule has 1 saturated carbocycles. The van der Waals surface area contributed by atoms with E-state index in [4.69, 9.17) is 9.47 Å². The van der Waals surface area contributed by atoms with E-state index < -0.39 is 0 Å². The Labute approximate surface area is 131 Å². The smallest absolute Gasteiger partial charge is 0.315 e. The summed E-state index contributed by atoms with van der Waals surface area (Å²) in [6.45, 7) is 1.44. The zero-order valence-electron chi connectivity index (χ0n) is 13.7. The Morgan fingerprint density at radius 3 is 2.45 bits per heavy atom. The van der Waals surface area contributed by atoms with Gasteiger partial charge in [0.1, 0.15) is 0 Å². The fraction of sp³-hybridized carbons (Fsp3) is 0.562. The van der Waals surface area contributed by atoms with Crippen LogP contribution in [0.4, 0.5) is 4.79 Å². The second-order valence-electron chi connectivity index (χ2n) is 5.84. The normalized spacial score (nSPS) is 15.3. The van der Waals surface area contributed by atoms with Gasteiger partial charge in [-0.25, -0.2) is 4.79 Å². The van der Waals surface area contributed by atoms with Crippen molar-refractivity contribution in [2.75, 3.05) is 41.4 Å². The fourth-order valence-corrected chi connectivity index (χ4v) is 2.40. The highest BCUT2D eigenvalue weighted by molar-refractivity contribution is 5.75. The standard InChI is InChI=1S/C16H25N3O3/c1-19(2)10-9-17-15(20)18-16(7-8-16)12-5-6-13(21-3)14(11-12)22-4/h5-6,11H,7-10H2,1-4H3,(H2,17,18,20). The quantitative estimate of drug-likeness (QED) is 0.802. The number of methoxy groups -OCH3 is 2. The first kappa shape index (κ1) is 16.4. The molecule has 0 spiro atoms. The summed E-state index contributed by atoms with van der Waals surface area (Å²) in [7, 11) is 7.18. The van der Waals surface area contributed by atoms with Crippen LogP contribution in [0.25, 0.3) is 0 Å². The van der Waals surface area contributed by atoms with Crippen LogP contribution >= 0.6 is 0 Å². The predicted octanol–water partition coefficient (Wildman–Crippen LogP) is 1.55. The number of carbonyl (C=O) groups is 1. The van der Waals surface area contributed by atoms with Crippen LogP contribution in [0.5, 0.6) is 11.5 Å². The molecule has 0 unspecified atom stereocenters. The van der Waals surface area contributed by atoms with Crippen LogP contribution in [0.3, 0.4) is 0 Å². The highest BCUT2D eigenvalue weighted by atomic mass is 16.5. The van der Waals surface area contributed by atoms with E-state index in [-0.39, 0.29) is 11.6 Å². The van der Waals surface area contributed by atoms with Crippen LogP contribution in [0, 0.1) is 0 Å². The summed E-state index contributed by atoms with van der Waals surface area (Å²) in [5, 5.41) is 5.96. The molecule has 6 heteroatoms. The van der Waals surface area contributed by atoms with E-state index >= 15 is 0 Å². The van der Waals surface area contributed by atoms with Crippen molar-refractivity contribution < 1.29 is 14.3 Å². The molecule has 2 N–H and O–H groups in total. The Hall–Kier alpha value is -1.95. The molecule has 1 aliphatic carbocycles. The van der Waals surface area contributed by atoms with Crippen molar-refractivity contribution in [3.63, 3.8) is 0 Å². The summed E-state index contributed by atoms with van der Waals surface area (Å²) >= 11 is 0. The van der Waals surface area contributed by atoms with Gasteiger partial charge in [0.25, 0.3) is 0 Å². The van der Waals surface area contributed by atoms with Gasteiger partial charge < -0.3 is 25.0 Å². The highest BCUT2D eigenvalue weighted by Crippen LogP contribution is 2.47. The SMILES string of the molecule is COc1ccc(C2(NC(=O)NCCN(C)C)CC2)cc1OC. The predicted molar refractivity (Wildman–Crippen MR) is 85.5 cm³/mol. The Morgan fingerprint density at radius 1 is 1.23 bits per heavy atom. The Balaban J connectivity index is 2.00. The van der Waals surface area contributed by atoms with Crippen LogP contribution in [0.1, 0.15) is 18.4 Å². The van der Waals surface area contributed by atoms with Gasteiger partial charge in [0.15, 0.2) is 11.5 Å². The molecular formula is C16H25N3O3. The van der Waals surface area contributed by atoms with Gasteiger partial charge in [-0.2, -0.15) is 0 Å². The average molecular weight is 307 g/mol. The van der Waals surface area contributed by atoms with Gasteiger partial charge in [-0.3, -0.25) is 0 Å². The van der Waals surface area contributed by atoms with E-state index in [0.717, 1.165) is 24.9 Å². The van der Waals surface area contributed by atoms with Crippen molar-refractivity contribution >= 4 is 6.03 Å². The van der Waals surface area contributed by atoms with E-state index in [1.807, 2.05) is 37.2 Å². The summed E-state index contributed by atoms with van der Waals surface area (Å²) in [6, 6.07) is 5.66. The first-order valence-corrected chi connectivity index (χ1v) is 7.44. The second kappa shape index (κ2) is 6.87. The Bertz CT molecular complexity index is 527. The lowest BCUT2D eigenvalue weighted by molar-refractivity contribution is 0.234. The zero-order valence-corrected chi connectivity index (χ0v) is 13.7. The monoisotopic (exact) mass is 307 g/mol. The van der Waals surface area contributed by atoms with Crippen LogP contribution in [0.2, 0.25) is 0 Å². The van der Waals surface area contributed by atoms with Crippen molar-refractivity contribution in [1.29, 1.82) is 0 Å². The van der Waals surface area contributed by atoms with E-state index in [2.05, 4.69) is 10.6 Å². The van der Waals surface area contributed by atoms with Gasteiger partial charge in [0.2, 0.25) is 0 Å². The van der Waals surface area contributed by atoms with Crippen LogP contribution < -0.4 is 20.1 Å². The van der Waals surface area contributed by atoms with Crippen LogP contribution in [-0.4, -0.2) is 52.3 Å². The molecule has 1 aromatic carbocycles. The van der Waals surface area contributed by atoms with Gasteiger partial charge in [0.05, 0.1) is 19.8 Å².